The molecule has 2 atom stereocenters. The van der Waals surface area contributed by atoms with E-state index in [4.69, 9.17) is 0 Å². The number of nitrogens with zero attached hydrogens (tertiary/aromatic N) is 1. The SMILES string of the molecule is CC(C)(C)NC(=O)NC1CCN2CCCCC12. The normalized spacial score (nSPS) is 29.8. The minimum Gasteiger partial charge on any atom is -0.334 e. The molecule has 2 rings (SSSR count). The quantitative estimate of drug-likeness (QED) is 0.731. The fourth-order valence-corrected chi connectivity index (χ4v) is 2.96. The van der Waals surface area contributed by atoms with Gasteiger partial charge in [0.05, 0.1) is 0 Å². The monoisotopic (exact) mass is 239 g/mol. The highest BCUT2D eigenvalue weighted by molar-refractivity contribution is 5.75. The molecule has 0 bridgehead atoms. The number of fused-ring (bicyclic) bond motifs is 1. The summed E-state index contributed by atoms with van der Waals surface area (Å²) in [5.74, 6) is 0. The molecule has 0 spiro atoms. The second-order valence-electron chi connectivity index (χ2n) is 6.34. The molecule has 0 radical (unpaired) electrons. The molecule has 4 heteroatoms. The van der Waals surface area contributed by atoms with Crippen LogP contribution < -0.4 is 10.6 Å². The van der Waals surface area contributed by atoms with Gasteiger partial charge < -0.3 is 10.6 Å². The van der Waals surface area contributed by atoms with Crippen LogP contribution in [0.3, 0.4) is 0 Å². The smallest absolute Gasteiger partial charge is 0.315 e. The summed E-state index contributed by atoms with van der Waals surface area (Å²) in [5.41, 5.74) is -0.158. The Labute approximate surface area is 104 Å². The molecule has 4 nitrogen and oxygen atoms in total. The molecule has 17 heavy (non-hydrogen) atoms. The molecule has 0 aromatic carbocycles. The predicted octanol–water partition coefficient (Wildman–Crippen LogP) is 1.71. The lowest BCUT2D eigenvalue weighted by Crippen LogP contribution is -2.53. The largest absolute Gasteiger partial charge is 0.334 e. The van der Waals surface area contributed by atoms with Crippen molar-refractivity contribution in [3.05, 3.63) is 0 Å². The van der Waals surface area contributed by atoms with Gasteiger partial charge in [-0.25, -0.2) is 4.79 Å². The van der Waals surface area contributed by atoms with E-state index in [1.165, 1.54) is 25.8 Å². The van der Waals surface area contributed by atoms with Crippen LogP contribution in [0.25, 0.3) is 0 Å². The van der Waals surface area contributed by atoms with Crippen molar-refractivity contribution in [1.29, 1.82) is 0 Å². The fourth-order valence-electron chi connectivity index (χ4n) is 2.96. The minimum atomic E-state index is -0.158. The third-order valence-electron chi connectivity index (χ3n) is 3.66. The summed E-state index contributed by atoms with van der Waals surface area (Å²) in [4.78, 5) is 14.4. The average molecular weight is 239 g/mol. The van der Waals surface area contributed by atoms with Gasteiger partial charge in [-0.05, 0) is 46.6 Å². The Bertz CT molecular complexity index is 285. The van der Waals surface area contributed by atoms with Crippen molar-refractivity contribution in [2.45, 2.75) is 64.1 Å². The Morgan fingerprint density at radius 3 is 2.65 bits per heavy atom. The van der Waals surface area contributed by atoms with Crippen molar-refractivity contribution in [1.82, 2.24) is 15.5 Å². The third kappa shape index (κ3) is 3.35. The molecule has 2 unspecified atom stereocenters. The molecular formula is C13H25N3O. The van der Waals surface area contributed by atoms with Crippen molar-refractivity contribution in [3.8, 4) is 0 Å². The van der Waals surface area contributed by atoms with E-state index in [0.29, 0.717) is 12.1 Å². The van der Waals surface area contributed by atoms with Gasteiger partial charge in [0.1, 0.15) is 0 Å². The lowest BCUT2D eigenvalue weighted by atomic mass is 9.99. The van der Waals surface area contributed by atoms with Crippen LogP contribution in [0.15, 0.2) is 0 Å². The highest BCUT2D eigenvalue weighted by Crippen LogP contribution is 2.27. The maximum absolute atomic E-state index is 11.8. The highest BCUT2D eigenvalue weighted by atomic mass is 16.2. The Morgan fingerprint density at radius 2 is 1.94 bits per heavy atom. The number of urea groups is 1. The second-order valence-corrected chi connectivity index (χ2v) is 6.34. The molecule has 0 aromatic rings. The maximum atomic E-state index is 11.8. The number of piperidine rings is 1. The van der Waals surface area contributed by atoms with Gasteiger partial charge >= 0.3 is 6.03 Å². The molecule has 2 amide bonds. The van der Waals surface area contributed by atoms with Crippen LogP contribution in [-0.4, -0.2) is 41.6 Å². The van der Waals surface area contributed by atoms with Gasteiger partial charge in [0.2, 0.25) is 0 Å². The summed E-state index contributed by atoms with van der Waals surface area (Å²) in [6.45, 7) is 8.38. The number of carbonyl (C=O) groups excluding carboxylic acids is 1. The molecule has 2 N–H and O–H groups in total. The Morgan fingerprint density at radius 1 is 1.18 bits per heavy atom. The van der Waals surface area contributed by atoms with E-state index < -0.39 is 0 Å². The molecule has 0 aromatic heterocycles. The molecule has 0 aliphatic carbocycles. The summed E-state index contributed by atoms with van der Waals surface area (Å²) >= 11 is 0. The fraction of sp³-hybridized carbons (Fsp3) is 0.923. The van der Waals surface area contributed by atoms with Crippen LogP contribution in [-0.2, 0) is 0 Å². The number of nitrogens with one attached hydrogen (secondary N) is 2. The van der Waals surface area contributed by atoms with E-state index in [0.717, 1.165) is 13.0 Å². The van der Waals surface area contributed by atoms with Crippen molar-refractivity contribution in [3.63, 3.8) is 0 Å². The molecule has 98 valence electrons. The van der Waals surface area contributed by atoms with Crippen LogP contribution >= 0.6 is 0 Å². The van der Waals surface area contributed by atoms with Crippen LogP contribution in [0.4, 0.5) is 4.79 Å². The topological polar surface area (TPSA) is 44.4 Å². The summed E-state index contributed by atoms with van der Waals surface area (Å²) in [7, 11) is 0. The van der Waals surface area contributed by atoms with Crippen molar-refractivity contribution in [2.24, 2.45) is 0 Å². The van der Waals surface area contributed by atoms with Crippen molar-refractivity contribution in [2.75, 3.05) is 13.1 Å². The summed E-state index contributed by atoms with van der Waals surface area (Å²) < 4.78 is 0. The first-order valence-electron chi connectivity index (χ1n) is 6.78. The van der Waals surface area contributed by atoms with Crippen LogP contribution in [0, 0.1) is 0 Å². The molecule has 2 heterocycles. The second kappa shape index (κ2) is 4.84. The van der Waals surface area contributed by atoms with Gasteiger partial charge in [-0.15, -0.1) is 0 Å². The van der Waals surface area contributed by atoms with Crippen LogP contribution in [0.5, 0.6) is 0 Å². The Hall–Kier alpha value is -0.770. The van der Waals surface area contributed by atoms with Gasteiger partial charge in [-0.2, -0.15) is 0 Å². The predicted molar refractivity (Wildman–Crippen MR) is 69.0 cm³/mol. The maximum Gasteiger partial charge on any atom is 0.315 e. The lowest BCUT2D eigenvalue weighted by molar-refractivity contribution is 0.177. The molecule has 2 aliphatic rings. The van der Waals surface area contributed by atoms with Gasteiger partial charge in [-0.3, -0.25) is 4.90 Å². The first-order chi connectivity index (χ1) is 7.96. The van der Waals surface area contributed by atoms with Gasteiger partial charge in [0.15, 0.2) is 0 Å². The van der Waals surface area contributed by atoms with Gasteiger partial charge in [-0.1, -0.05) is 6.42 Å². The zero-order valence-corrected chi connectivity index (χ0v) is 11.3. The molecule has 2 fully saturated rings. The summed E-state index contributed by atoms with van der Waals surface area (Å²) in [6, 6.07) is 0.905. The van der Waals surface area contributed by atoms with E-state index in [-0.39, 0.29) is 11.6 Å². The standard InChI is InChI=1S/C13H25N3O/c1-13(2,3)15-12(17)14-10-7-9-16-8-5-4-6-11(10)16/h10-11H,4-9H2,1-3H3,(H2,14,15,17). The van der Waals surface area contributed by atoms with E-state index in [9.17, 15) is 4.79 Å². The first-order valence-corrected chi connectivity index (χ1v) is 6.78. The van der Waals surface area contributed by atoms with E-state index >= 15 is 0 Å². The molecule has 2 saturated heterocycles. The van der Waals surface area contributed by atoms with E-state index in [1.807, 2.05) is 20.8 Å². The van der Waals surface area contributed by atoms with Gasteiger partial charge in [0.25, 0.3) is 0 Å². The number of hydrogen-bond acceptors (Lipinski definition) is 2. The molecular weight excluding hydrogens is 214 g/mol. The lowest BCUT2D eigenvalue weighted by Gasteiger charge is -2.33. The number of amides is 2. The van der Waals surface area contributed by atoms with Crippen molar-refractivity contribution < 1.29 is 4.79 Å². The summed E-state index contributed by atoms with van der Waals surface area (Å²) in [6.07, 6.45) is 4.96. The van der Waals surface area contributed by atoms with Crippen LogP contribution in [0.1, 0.15) is 46.5 Å². The van der Waals surface area contributed by atoms with Crippen LogP contribution in [0.2, 0.25) is 0 Å². The third-order valence-corrected chi connectivity index (χ3v) is 3.66. The zero-order chi connectivity index (χ0) is 12.5. The zero-order valence-electron chi connectivity index (χ0n) is 11.3. The van der Waals surface area contributed by atoms with Gasteiger partial charge in [0, 0.05) is 24.2 Å². The van der Waals surface area contributed by atoms with E-state index in [1.54, 1.807) is 0 Å². The minimum absolute atomic E-state index is 0.0186. The highest BCUT2D eigenvalue weighted by Gasteiger charge is 2.36. The Kier molecular flexibility index (Phi) is 3.61. The number of hydrogen-bond donors (Lipinski definition) is 2. The summed E-state index contributed by atoms with van der Waals surface area (Å²) in [5, 5.41) is 6.12. The Balaban J connectivity index is 1.85. The number of rotatable bonds is 1. The molecule has 0 saturated carbocycles. The number of carbonyl (C=O) groups is 1. The van der Waals surface area contributed by atoms with Crippen molar-refractivity contribution >= 4 is 6.03 Å². The average Bonchev–Trinajstić information content (AvgIpc) is 2.59. The first kappa shape index (κ1) is 12.7. The molecule has 2 aliphatic heterocycles. The van der Waals surface area contributed by atoms with E-state index in [2.05, 4.69) is 15.5 Å².